The molecule has 0 aliphatic carbocycles. The Balaban J connectivity index is 1.90. The van der Waals surface area contributed by atoms with E-state index >= 15 is 0 Å². The average molecular weight is 429 g/mol. The first kappa shape index (κ1) is 21.5. The molecule has 0 bridgehead atoms. The molecule has 0 aliphatic heterocycles. The summed E-state index contributed by atoms with van der Waals surface area (Å²) in [7, 11) is -2.37. The number of sulfonamides is 1. The zero-order valence-corrected chi connectivity index (χ0v) is 17.0. The Morgan fingerprint density at radius 2 is 1.70 bits per heavy atom. The molecular weight excluding hydrogens is 409 g/mol. The van der Waals surface area contributed by atoms with Gasteiger partial charge in [-0.3, -0.25) is 0 Å². The number of carbonyl (C=O) groups is 1. The van der Waals surface area contributed by atoms with Crippen LogP contribution in [0.5, 0.6) is 5.75 Å². The van der Waals surface area contributed by atoms with Crippen molar-refractivity contribution < 1.29 is 27.4 Å². The van der Waals surface area contributed by atoms with Gasteiger partial charge in [-0.2, -0.15) is 4.31 Å². The van der Waals surface area contributed by atoms with Crippen LogP contribution in [0.1, 0.15) is 5.56 Å². The van der Waals surface area contributed by atoms with E-state index in [0.717, 1.165) is 17.7 Å². The van der Waals surface area contributed by atoms with Crippen molar-refractivity contribution >= 4 is 16.0 Å². The van der Waals surface area contributed by atoms with E-state index in [2.05, 4.69) is 0 Å². The molecule has 3 rings (SSSR count). The summed E-state index contributed by atoms with van der Waals surface area (Å²) in [6.07, 6.45) is 0. The fraction of sp³-hybridized carbons (Fsp3) is 0.136. The van der Waals surface area contributed by atoms with E-state index in [4.69, 9.17) is 9.84 Å². The largest absolute Gasteiger partial charge is 0.481 e. The molecule has 3 aromatic rings. The lowest BCUT2D eigenvalue weighted by Gasteiger charge is -2.19. The van der Waals surface area contributed by atoms with Crippen LogP contribution in [0.3, 0.4) is 0 Å². The quantitative estimate of drug-likeness (QED) is 0.589. The fourth-order valence-electron chi connectivity index (χ4n) is 2.91. The van der Waals surface area contributed by atoms with Gasteiger partial charge in [-0.25, -0.2) is 17.6 Å². The minimum atomic E-state index is -3.81. The second-order valence-corrected chi connectivity index (χ2v) is 8.64. The lowest BCUT2D eigenvalue weighted by molar-refractivity contribution is -0.139. The molecule has 1 N–H and O–H groups in total. The average Bonchev–Trinajstić information content (AvgIpc) is 2.73. The summed E-state index contributed by atoms with van der Waals surface area (Å²) in [6, 6.07) is 19.0. The van der Waals surface area contributed by atoms with Gasteiger partial charge in [-0.05, 0) is 47.5 Å². The number of hydrogen-bond acceptors (Lipinski definition) is 4. The predicted octanol–water partition coefficient (Wildman–Crippen LogP) is 3.78. The Kier molecular flexibility index (Phi) is 6.49. The Bertz CT molecular complexity index is 1130. The lowest BCUT2D eigenvalue weighted by atomic mass is 10.0. The van der Waals surface area contributed by atoms with Gasteiger partial charge in [0.2, 0.25) is 10.0 Å². The van der Waals surface area contributed by atoms with E-state index in [1.165, 1.54) is 23.5 Å². The van der Waals surface area contributed by atoms with Crippen molar-refractivity contribution in [2.45, 2.75) is 11.4 Å². The maximum absolute atomic E-state index is 13.1. The molecule has 0 fully saturated rings. The molecule has 8 heteroatoms. The molecule has 0 spiro atoms. The van der Waals surface area contributed by atoms with Gasteiger partial charge in [0, 0.05) is 19.2 Å². The SMILES string of the molecule is CN(Cc1ccc(OCC(=O)O)c(-c2ccccc2)c1)S(=O)(=O)c1ccc(F)cc1. The normalized spacial score (nSPS) is 11.4. The standard InChI is InChI=1S/C22H20FNO5S/c1-24(30(27,28)19-10-8-18(23)9-11-19)14-16-7-12-21(29-15-22(25)26)20(13-16)17-5-3-2-4-6-17/h2-13H,14-15H2,1H3,(H,25,26). The van der Waals surface area contributed by atoms with Gasteiger partial charge in [0.05, 0.1) is 4.90 Å². The number of carboxylic acid groups (broad SMARTS) is 1. The first-order chi connectivity index (χ1) is 14.3. The second-order valence-electron chi connectivity index (χ2n) is 6.59. The minimum absolute atomic E-state index is 0.00362. The third-order valence-electron chi connectivity index (χ3n) is 4.41. The maximum atomic E-state index is 13.1. The highest BCUT2D eigenvalue weighted by atomic mass is 32.2. The number of benzene rings is 3. The monoisotopic (exact) mass is 429 g/mol. The Morgan fingerprint density at radius 3 is 2.33 bits per heavy atom. The van der Waals surface area contributed by atoms with Crippen LogP contribution in [0, 0.1) is 5.82 Å². The van der Waals surface area contributed by atoms with Crippen molar-refractivity contribution in [3.05, 3.63) is 84.2 Å². The van der Waals surface area contributed by atoms with Gasteiger partial charge < -0.3 is 9.84 Å². The number of ether oxygens (including phenoxy) is 1. The van der Waals surface area contributed by atoms with Crippen LogP contribution in [-0.2, 0) is 21.4 Å². The lowest BCUT2D eigenvalue weighted by Crippen LogP contribution is -2.26. The fourth-order valence-corrected chi connectivity index (χ4v) is 4.07. The predicted molar refractivity (Wildman–Crippen MR) is 110 cm³/mol. The first-order valence-corrected chi connectivity index (χ1v) is 10.5. The van der Waals surface area contributed by atoms with Gasteiger partial charge in [-0.15, -0.1) is 0 Å². The van der Waals surface area contributed by atoms with Crippen molar-refractivity contribution in [2.75, 3.05) is 13.7 Å². The third kappa shape index (κ3) is 5.03. The topological polar surface area (TPSA) is 83.9 Å². The number of hydrogen-bond donors (Lipinski definition) is 1. The Morgan fingerprint density at radius 1 is 1.03 bits per heavy atom. The molecule has 0 aromatic heterocycles. The van der Waals surface area contributed by atoms with Crippen molar-refractivity contribution in [3.8, 4) is 16.9 Å². The summed E-state index contributed by atoms with van der Waals surface area (Å²) < 4.78 is 45.2. The van der Waals surface area contributed by atoms with Gasteiger partial charge in [-0.1, -0.05) is 36.4 Å². The number of carboxylic acids is 1. The molecule has 0 aliphatic rings. The van der Waals surface area contributed by atoms with E-state index in [1.807, 2.05) is 30.3 Å². The summed E-state index contributed by atoms with van der Waals surface area (Å²) in [5, 5.41) is 8.90. The third-order valence-corrected chi connectivity index (χ3v) is 6.22. The van der Waals surface area contributed by atoms with E-state index < -0.39 is 28.4 Å². The van der Waals surface area contributed by atoms with Gasteiger partial charge in [0.1, 0.15) is 11.6 Å². The van der Waals surface area contributed by atoms with Gasteiger partial charge in [0.25, 0.3) is 0 Å². The summed E-state index contributed by atoms with van der Waals surface area (Å²) in [5.74, 6) is -1.22. The number of aliphatic carboxylic acids is 1. The van der Waals surface area contributed by atoms with Crippen LogP contribution in [0.15, 0.2) is 77.7 Å². The molecule has 6 nitrogen and oxygen atoms in total. The molecule has 0 heterocycles. The summed E-state index contributed by atoms with van der Waals surface area (Å²) >= 11 is 0. The minimum Gasteiger partial charge on any atom is -0.481 e. The zero-order valence-electron chi connectivity index (χ0n) is 16.2. The van der Waals surface area contributed by atoms with Crippen molar-refractivity contribution in [1.29, 1.82) is 0 Å². The highest BCUT2D eigenvalue weighted by Gasteiger charge is 2.21. The second kappa shape index (κ2) is 9.06. The molecule has 0 saturated heterocycles. The van der Waals surface area contributed by atoms with Crippen molar-refractivity contribution in [1.82, 2.24) is 4.31 Å². The molecular formula is C22H20FNO5S. The number of nitrogens with zero attached hydrogens (tertiary/aromatic N) is 1. The van der Waals surface area contributed by atoms with Crippen molar-refractivity contribution in [2.24, 2.45) is 0 Å². The highest BCUT2D eigenvalue weighted by molar-refractivity contribution is 7.89. The van der Waals surface area contributed by atoms with Crippen LogP contribution in [0.4, 0.5) is 4.39 Å². The summed E-state index contributed by atoms with van der Waals surface area (Å²) in [5.41, 5.74) is 2.15. The molecule has 0 radical (unpaired) electrons. The Labute approximate surface area is 174 Å². The van der Waals surface area contributed by atoms with Crippen LogP contribution in [-0.4, -0.2) is 37.5 Å². The maximum Gasteiger partial charge on any atom is 0.341 e. The van der Waals surface area contributed by atoms with Gasteiger partial charge in [0.15, 0.2) is 6.61 Å². The number of rotatable bonds is 8. The number of halogens is 1. The first-order valence-electron chi connectivity index (χ1n) is 9.02. The zero-order chi connectivity index (χ0) is 21.7. The summed E-state index contributed by atoms with van der Waals surface area (Å²) in [4.78, 5) is 10.9. The molecule has 0 saturated carbocycles. The molecule has 156 valence electrons. The van der Waals surface area contributed by atoms with E-state index in [9.17, 15) is 17.6 Å². The van der Waals surface area contributed by atoms with Crippen LogP contribution >= 0.6 is 0 Å². The highest BCUT2D eigenvalue weighted by Crippen LogP contribution is 2.32. The van der Waals surface area contributed by atoms with E-state index in [0.29, 0.717) is 16.9 Å². The van der Waals surface area contributed by atoms with Crippen molar-refractivity contribution in [3.63, 3.8) is 0 Å². The smallest absolute Gasteiger partial charge is 0.341 e. The molecule has 30 heavy (non-hydrogen) atoms. The van der Waals surface area contributed by atoms with Crippen LogP contribution in [0.2, 0.25) is 0 Å². The summed E-state index contributed by atoms with van der Waals surface area (Å²) in [6.45, 7) is -0.420. The molecule has 0 unspecified atom stereocenters. The van der Waals surface area contributed by atoms with E-state index in [-0.39, 0.29) is 11.4 Å². The van der Waals surface area contributed by atoms with Crippen LogP contribution < -0.4 is 4.74 Å². The molecule has 3 aromatic carbocycles. The molecule has 0 atom stereocenters. The van der Waals surface area contributed by atoms with E-state index in [1.54, 1.807) is 18.2 Å². The van der Waals surface area contributed by atoms with Gasteiger partial charge >= 0.3 is 5.97 Å². The molecule has 0 amide bonds. The van der Waals surface area contributed by atoms with Crippen LogP contribution in [0.25, 0.3) is 11.1 Å². The Hall–Kier alpha value is -3.23.